The fourth-order valence-corrected chi connectivity index (χ4v) is 6.35. The van der Waals surface area contributed by atoms with Crippen LogP contribution in [-0.4, -0.2) is 59.7 Å². The number of methoxy groups -OCH3 is 1. The van der Waals surface area contributed by atoms with Crippen molar-refractivity contribution in [3.05, 3.63) is 30.1 Å². The zero-order valence-corrected chi connectivity index (χ0v) is 20.8. The number of aliphatic hydroxyl groups excluding tert-OH is 1. The molecule has 3 rings (SSSR count). The highest BCUT2D eigenvalue weighted by Crippen LogP contribution is 2.55. The normalized spacial score (nSPS) is 32.5. The van der Waals surface area contributed by atoms with Crippen LogP contribution in [0, 0.1) is 29.1 Å². The zero-order chi connectivity index (χ0) is 24.2. The van der Waals surface area contributed by atoms with Gasteiger partial charge in [-0.25, -0.2) is 0 Å². The number of fused-ring (bicyclic) bond motifs is 1. The summed E-state index contributed by atoms with van der Waals surface area (Å²) in [6, 6.07) is 3.88. The molecule has 1 aromatic rings. The van der Waals surface area contributed by atoms with Gasteiger partial charge in [-0.15, -0.1) is 0 Å². The molecular formula is C26H41N3O4. The van der Waals surface area contributed by atoms with Gasteiger partial charge in [-0.2, -0.15) is 0 Å². The highest BCUT2D eigenvalue weighted by atomic mass is 16.5. The van der Waals surface area contributed by atoms with Crippen molar-refractivity contribution in [3.8, 4) is 0 Å². The average Bonchev–Trinajstić information content (AvgIpc) is 2.79. The summed E-state index contributed by atoms with van der Waals surface area (Å²) in [5.41, 5.74) is 1.03. The molecule has 0 radical (unpaired) electrons. The molecule has 0 saturated heterocycles. The second kappa shape index (κ2) is 11.0. The Labute approximate surface area is 198 Å². The molecule has 184 valence electrons. The lowest BCUT2D eigenvalue weighted by atomic mass is 9.51. The van der Waals surface area contributed by atoms with E-state index in [9.17, 15) is 14.7 Å². The van der Waals surface area contributed by atoms with Crippen LogP contribution in [0.4, 0.5) is 0 Å². The largest absolute Gasteiger partial charge is 0.392 e. The Morgan fingerprint density at radius 1 is 1.36 bits per heavy atom. The molecule has 0 aromatic carbocycles. The molecule has 1 heterocycles. The second-order valence-corrected chi connectivity index (χ2v) is 10.5. The topological polar surface area (TPSA) is 91.8 Å². The van der Waals surface area contributed by atoms with E-state index in [1.165, 1.54) is 0 Å². The average molecular weight is 460 g/mol. The van der Waals surface area contributed by atoms with Crippen LogP contribution in [0.3, 0.4) is 0 Å². The first-order valence-electron chi connectivity index (χ1n) is 12.3. The molecule has 2 aliphatic carbocycles. The Balaban J connectivity index is 1.68. The van der Waals surface area contributed by atoms with E-state index in [-0.39, 0.29) is 46.9 Å². The Morgan fingerprint density at radius 3 is 2.76 bits per heavy atom. The monoisotopic (exact) mass is 459 g/mol. The van der Waals surface area contributed by atoms with Gasteiger partial charge < -0.3 is 20.1 Å². The minimum Gasteiger partial charge on any atom is -0.392 e. The molecule has 2 fully saturated rings. The molecule has 2 saturated carbocycles. The van der Waals surface area contributed by atoms with E-state index in [0.717, 1.165) is 31.2 Å². The van der Waals surface area contributed by atoms with Gasteiger partial charge in [-0.1, -0.05) is 26.8 Å². The fraction of sp³-hybridized carbons (Fsp3) is 0.731. The number of aliphatic hydroxyl groups is 1. The van der Waals surface area contributed by atoms with E-state index in [1.807, 2.05) is 26.1 Å². The molecule has 0 unspecified atom stereocenters. The zero-order valence-electron chi connectivity index (χ0n) is 20.8. The predicted octanol–water partition coefficient (Wildman–Crippen LogP) is 3.02. The van der Waals surface area contributed by atoms with E-state index in [1.54, 1.807) is 24.4 Å². The van der Waals surface area contributed by atoms with Crippen LogP contribution in [0.5, 0.6) is 0 Å². The number of amides is 2. The quantitative estimate of drug-likeness (QED) is 0.624. The van der Waals surface area contributed by atoms with Crippen molar-refractivity contribution in [2.75, 3.05) is 20.8 Å². The van der Waals surface area contributed by atoms with Gasteiger partial charge in [0.15, 0.2) is 0 Å². The van der Waals surface area contributed by atoms with Gasteiger partial charge in [0, 0.05) is 51.5 Å². The van der Waals surface area contributed by atoms with Crippen LogP contribution < -0.4 is 5.32 Å². The fourth-order valence-electron chi connectivity index (χ4n) is 6.35. The molecule has 2 amide bonds. The Hall–Kier alpha value is -1.99. The van der Waals surface area contributed by atoms with Crippen molar-refractivity contribution in [1.82, 2.24) is 15.2 Å². The van der Waals surface area contributed by atoms with E-state index in [0.29, 0.717) is 19.6 Å². The molecule has 2 N–H and O–H groups in total. The number of ether oxygens (including phenoxy) is 1. The molecule has 0 bridgehead atoms. The van der Waals surface area contributed by atoms with Crippen LogP contribution in [0.25, 0.3) is 0 Å². The number of aromatic nitrogens is 1. The van der Waals surface area contributed by atoms with Gasteiger partial charge >= 0.3 is 0 Å². The lowest BCUT2D eigenvalue weighted by molar-refractivity contribution is -0.150. The predicted molar refractivity (Wildman–Crippen MR) is 127 cm³/mol. The summed E-state index contributed by atoms with van der Waals surface area (Å²) >= 11 is 0. The maximum Gasteiger partial charge on any atom is 0.225 e. The SMILES string of the molecule is COCCC(=O)N[C@H]1CC[C@]2(C)CC[C@H]([C@H](C)C(=O)N(C)Cc3cccnc3)[C@H](O)[C@H]2[C@@H]1C. The summed E-state index contributed by atoms with van der Waals surface area (Å²) in [7, 11) is 3.41. The van der Waals surface area contributed by atoms with E-state index >= 15 is 0 Å². The van der Waals surface area contributed by atoms with Gasteiger partial charge in [-0.05, 0) is 60.5 Å². The van der Waals surface area contributed by atoms with Crippen LogP contribution in [0.1, 0.15) is 58.4 Å². The van der Waals surface area contributed by atoms with E-state index in [4.69, 9.17) is 4.74 Å². The van der Waals surface area contributed by atoms with Gasteiger partial charge in [0.05, 0.1) is 12.7 Å². The van der Waals surface area contributed by atoms with Gasteiger partial charge in [0.25, 0.3) is 0 Å². The lowest BCUT2D eigenvalue weighted by Gasteiger charge is -2.56. The number of rotatable bonds is 8. The smallest absolute Gasteiger partial charge is 0.225 e. The Bertz CT molecular complexity index is 804. The van der Waals surface area contributed by atoms with Crippen LogP contribution in [-0.2, 0) is 20.9 Å². The first-order valence-corrected chi connectivity index (χ1v) is 12.3. The van der Waals surface area contributed by atoms with Crippen molar-refractivity contribution in [2.45, 2.75) is 71.6 Å². The third kappa shape index (κ3) is 5.75. The lowest BCUT2D eigenvalue weighted by Crippen LogP contribution is -2.58. The standard InChI is InChI=1S/C26H41N3O4/c1-17(25(32)29(4)16-19-7-6-13-27-15-19)20-8-11-26(3)12-9-21(18(2)23(26)24(20)31)28-22(30)10-14-33-5/h6-7,13,15,17-18,20-21,23-24,31H,8-12,14,16H2,1-5H3,(H,28,30)/t17-,18+,20+,21-,23+,24-,26-/m0/s1. The first kappa shape index (κ1) is 25.6. The van der Waals surface area contributed by atoms with E-state index < -0.39 is 6.10 Å². The van der Waals surface area contributed by atoms with Crippen molar-refractivity contribution in [2.24, 2.45) is 29.1 Å². The third-order valence-electron chi connectivity index (χ3n) is 8.32. The molecule has 7 atom stereocenters. The van der Waals surface area contributed by atoms with Crippen LogP contribution in [0.2, 0.25) is 0 Å². The number of nitrogens with one attached hydrogen (secondary N) is 1. The molecule has 7 heteroatoms. The Kier molecular flexibility index (Phi) is 8.51. The van der Waals surface area contributed by atoms with E-state index in [2.05, 4.69) is 24.1 Å². The number of hydrogen-bond donors (Lipinski definition) is 2. The summed E-state index contributed by atoms with van der Waals surface area (Å²) < 4.78 is 5.03. The van der Waals surface area contributed by atoms with Crippen LogP contribution >= 0.6 is 0 Å². The summed E-state index contributed by atoms with van der Waals surface area (Å²) in [6.07, 6.45) is 7.03. The molecule has 0 aliphatic heterocycles. The molecule has 2 aliphatic rings. The second-order valence-electron chi connectivity index (χ2n) is 10.5. The summed E-state index contributed by atoms with van der Waals surface area (Å²) in [4.78, 5) is 31.4. The highest BCUT2D eigenvalue weighted by Gasteiger charge is 2.54. The van der Waals surface area contributed by atoms with Crippen molar-refractivity contribution >= 4 is 11.8 Å². The minimum atomic E-state index is -0.567. The third-order valence-corrected chi connectivity index (χ3v) is 8.32. The van der Waals surface area contributed by atoms with Crippen molar-refractivity contribution in [3.63, 3.8) is 0 Å². The van der Waals surface area contributed by atoms with Gasteiger partial charge in [0.1, 0.15) is 0 Å². The molecule has 7 nitrogen and oxygen atoms in total. The van der Waals surface area contributed by atoms with Gasteiger partial charge in [0.2, 0.25) is 11.8 Å². The number of carbonyl (C=O) groups is 2. The summed E-state index contributed by atoms with van der Waals surface area (Å²) in [5, 5.41) is 14.7. The first-order chi connectivity index (χ1) is 15.7. The number of hydrogen-bond acceptors (Lipinski definition) is 5. The van der Waals surface area contributed by atoms with Gasteiger partial charge in [-0.3, -0.25) is 14.6 Å². The molecule has 0 spiro atoms. The molecule has 33 heavy (non-hydrogen) atoms. The summed E-state index contributed by atoms with van der Waals surface area (Å²) in [6.45, 7) is 7.29. The van der Waals surface area contributed by atoms with Crippen molar-refractivity contribution in [1.29, 1.82) is 0 Å². The number of carbonyl (C=O) groups excluding carboxylic acids is 2. The maximum atomic E-state index is 13.2. The minimum absolute atomic E-state index is 0.000255. The number of nitrogens with zero attached hydrogens (tertiary/aromatic N) is 2. The van der Waals surface area contributed by atoms with Crippen LogP contribution in [0.15, 0.2) is 24.5 Å². The maximum absolute atomic E-state index is 13.2. The molecule has 1 aromatic heterocycles. The Morgan fingerprint density at radius 2 is 2.09 bits per heavy atom. The molecular weight excluding hydrogens is 418 g/mol. The number of pyridine rings is 1. The van der Waals surface area contributed by atoms with Crippen molar-refractivity contribution < 1.29 is 19.4 Å². The summed E-state index contributed by atoms with van der Waals surface area (Å²) in [5.74, 6) is -0.105. The highest BCUT2D eigenvalue weighted by molar-refractivity contribution is 5.78.